The van der Waals surface area contributed by atoms with E-state index < -0.39 is 0 Å². The van der Waals surface area contributed by atoms with E-state index in [9.17, 15) is 0 Å². The SMILES string of the molecule is C=CCNCCCCCCCCCCCC/C=C\CCCCCCCC. The van der Waals surface area contributed by atoms with Gasteiger partial charge in [0.15, 0.2) is 0 Å². The van der Waals surface area contributed by atoms with Gasteiger partial charge >= 0.3 is 0 Å². The van der Waals surface area contributed by atoms with Gasteiger partial charge in [-0.05, 0) is 38.6 Å². The van der Waals surface area contributed by atoms with Gasteiger partial charge in [-0.3, -0.25) is 0 Å². The van der Waals surface area contributed by atoms with Crippen molar-refractivity contribution in [2.75, 3.05) is 13.1 Å². The van der Waals surface area contributed by atoms with Crippen molar-refractivity contribution in [2.45, 2.75) is 122 Å². The summed E-state index contributed by atoms with van der Waals surface area (Å²) in [5, 5.41) is 3.37. The molecule has 1 heteroatoms. The third kappa shape index (κ3) is 23.4. The van der Waals surface area contributed by atoms with Crippen LogP contribution < -0.4 is 5.32 Å². The maximum atomic E-state index is 3.72. The molecular weight excluding hydrogens is 314 g/mol. The Balaban J connectivity index is 3.04. The number of hydrogen-bond acceptors (Lipinski definition) is 1. The van der Waals surface area contributed by atoms with Gasteiger partial charge in [0.25, 0.3) is 0 Å². The molecule has 26 heavy (non-hydrogen) atoms. The summed E-state index contributed by atoms with van der Waals surface area (Å²) in [6.45, 7) is 8.11. The van der Waals surface area contributed by atoms with Crippen LogP contribution in [0.15, 0.2) is 24.8 Å². The van der Waals surface area contributed by atoms with E-state index in [1.165, 1.54) is 116 Å². The lowest BCUT2D eigenvalue weighted by Gasteiger charge is -2.03. The normalized spacial score (nSPS) is 11.4. The molecule has 0 aliphatic rings. The summed E-state index contributed by atoms with van der Waals surface area (Å²) in [5.41, 5.74) is 0. The lowest BCUT2D eigenvalue weighted by atomic mass is 10.1. The Morgan fingerprint density at radius 3 is 1.46 bits per heavy atom. The van der Waals surface area contributed by atoms with E-state index in [4.69, 9.17) is 0 Å². The van der Waals surface area contributed by atoms with Crippen LogP contribution in [0, 0.1) is 0 Å². The first-order valence-corrected chi connectivity index (χ1v) is 11.9. The van der Waals surface area contributed by atoms with Crippen molar-refractivity contribution in [1.29, 1.82) is 0 Å². The second-order valence-electron chi connectivity index (χ2n) is 7.84. The molecule has 0 spiro atoms. The van der Waals surface area contributed by atoms with E-state index in [-0.39, 0.29) is 0 Å². The lowest BCUT2D eigenvalue weighted by molar-refractivity contribution is 0.545. The number of allylic oxidation sites excluding steroid dienone is 2. The molecule has 0 aliphatic carbocycles. The Labute approximate surface area is 166 Å². The number of nitrogens with one attached hydrogen (secondary N) is 1. The molecule has 0 aromatic rings. The zero-order valence-electron chi connectivity index (χ0n) is 18.1. The highest BCUT2D eigenvalue weighted by Gasteiger charge is 1.93. The van der Waals surface area contributed by atoms with Gasteiger partial charge in [0, 0.05) is 6.54 Å². The molecule has 0 rings (SSSR count). The Hall–Kier alpha value is -0.560. The minimum absolute atomic E-state index is 0.953. The molecule has 0 aliphatic heterocycles. The summed E-state index contributed by atoms with van der Waals surface area (Å²) in [5.74, 6) is 0. The Morgan fingerprint density at radius 1 is 0.577 bits per heavy atom. The molecule has 0 bridgehead atoms. The van der Waals surface area contributed by atoms with Crippen LogP contribution in [0.2, 0.25) is 0 Å². The smallest absolute Gasteiger partial charge is 0.0132 e. The van der Waals surface area contributed by atoms with Gasteiger partial charge < -0.3 is 5.32 Å². The largest absolute Gasteiger partial charge is 0.313 e. The monoisotopic (exact) mass is 363 g/mol. The Kier molecular flexibility index (Phi) is 23.9. The summed E-state index contributed by atoms with van der Waals surface area (Å²) >= 11 is 0. The highest BCUT2D eigenvalue weighted by Crippen LogP contribution is 2.12. The molecule has 154 valence electrons. The summed E-state index contributed by atoms with van der Waals surface area (Å²) in [4.78, 5) is 0. The van der Waals surface area contributed by atoms with Crippen LogP contribution in [0.25, 0.3) is 0 Å². The van der Waals surface area contributed by atoms with Crippen molar-refractivity contribution in [1.82, 2.24) is 5.32 Å². The second-order valence-corrected chi connectivity index (χ2v) is 7.84. The van der Waals surface area contributed by atoms with Crippen molar-refractivity contribution in [3.8, 4) is 0 Å². The zero-order chi connectivity index (χ0) is 19.0. The van der Waals surface area contributed by atoms with E-state index in [1.54, 1.807) is 0 Å². The molecule has 0 saturated carbocycles. The van der Waals surface area contributed by atoms with Gasteiger partial charge in [-0.2, -0.15) is 0 Å². The molecule has 0 fully saturated rings. The van der Waals surface area contributed by atoms with E-state index >= 15 is 0 Å². The predicted octanol–water partition coefficient (Wildman–Crippen LogP) is 8.36. The predicted molar refractivity (Wildman–Crippen MR) is 121 cm³/mol. The quantitative estimate of drug-likeness (QED) is 0.150. The number of hydrogen-bond donors (Lipinski definition) is 1. The van der Waals surface area contributed by atoms with Crippen LogP contribution in [-0.4, -0.2) is 13.1 Å². The molecule has 1 N–H and O–H groups in total. The zero-order valence-corrected chi connectivity index (χ0v) is 18.1. The fourth-order valence-electron chi connectivity index (χ4n) is 3.41. The topological polar surface area (TPSA) is 12.0 Å². The van der Waals surface area contributed by atoms with Gasteiger partial charge in [-0.25, -0.2) is 0 Å². The molecule has 0 amide bonds. The van der Waals surface area contributed by atoms with Crippen LogP contribution in [0.4, 0.5) is 0 Å². The van der Waals surface area contributed by atoms with Crippen molar-refractivity contribution in [3.05, 3.63) is 24.8 Å². The molecule has 0 heterocycles. The number of unbranched alkanes of at least 4 members (excludes halogenated alkanes) is 16. The van der Waals surface area contributed by atoms with Crippen molar-refractivity contribution < 1.29 is 0 Å². The van der Waals surface area contributed by atoms with Gasteiger partial charge in [0.05, 0.1) is 0 Å². The Bertz CT molecular complexity index is 282. The second kappa shape index (κ2) is 24.4. The molecule has 0 aromatic carbocycles. The molecule has 1 nitrogen and oxygen atoms in total. The third-order valence-electron chi connectivity index (χ3n) is 5.15. The van der Waals surface area contributed by atoms with Crippen LogP contribution in [-0.2, 0) is 0 Å². The van der Waals surface area contributed by atoms with E-state index in [0.29, 0.717) is 0 Å². The Morgan fingerprint density at radius 2 is 1.00 bits per heavy atom. The molecule has 0 aromatic heterocycles. The molecular formula is C25H49N. The van der Waals surface area contributed by atoms with Crippen LogP contribution >= 0.6 is 0 Å². The van der Waals surface area contributed by atoms with Crippen molar-refractivity contribution >= 4 is 0 Å². The molecule has 0 saturated heterocycles. The van der Waals surface area contributed by atoms with Gasteiger partial charge in [0.1, 0.15) is 0 Å². The first kappa shape index (κ1) is 25.4. The molecule has 0 unspecified atom stereocenters. The highest BCUT2D eigenvalue weighted by molar-refractivity contribution is 4.81. The number of rotatable bonds is 22. The average Bonchev–Trinajstić information content (AvgIpc) is 2.66. The van der Waals surface area contributed by atoms with Crippen molar-refractivity contribution in [3.63, 3.8) is 0 Å². The van der Waals surface area contributed by atoms with E-state index in [1.807, 2.05) is 6.08 Å². The third-order valence-corrected chi connectivity index (χ3v) is 5.15. The van der Waals surface area contributed by atoms with Crippen LogP contribution in [0.1, 0.15) is 122 Å². The first-order valence-electron chi connectivity index (χ1n) is 11.9. The average molecular weight is 364 g/mol. The summed E-state index contributed by atoms with van der Waals surface area (Å²) in [6, 6.07) is 0. The fraction of sp³-hybridized carbons (Fsp3) is 0.840. The molecule has 0 radical (unpaired) electrons. The maximum Gasteiger partial charge on any atom is 0.0132 e. The van der Waals surface area contributed by atoms with Crippen molar-refractivity contribution in [2.24, 2.45) is 0 Å². The highest BCUT2D eigenvalue weighted by atomic mass is 14.8. The van der Waals surface area contributed by atoms with Gasteiger partial charge in [-0.15, -0.1) is 6.58 Å². The summed E-state index contributed by atoms with van der Waals surface area (Å²) < 4.78 is 0. The van der Waals surface area contributed by atoms with Gasteiger partial charge in [-0.1, -0.05) is 109 Å². The fourth-order valence-corrected chi connectivity index (χ4v) is 3.41. The van der Waals surface area contributed by atoms with Crippen LogP contribution in [0.5, 0.6) is 0 Å². The van der Waals surface area contributed by atoms with Crippen LogP contribution in [0.3, 0.4) is 0 Å². The van der Waals surface area contributed by atoms with E-state index in [0.717, 1.165) is 13.1 Å². The first-order chi connectivity index (χ1) is 12.9. The minimum Gasteiger partial charge on any atom is -0.313 e. The maximum absolute atomic E-state index is 3.72. The van der Waals surface area contributed by atoms with E-state index in [2.05, 4.69) is 31.0 Å². The minimum atomic E-state index is 0.953. The molecule has 0 atom stereocenters. The standard InChI is InChI=1S/C25H49N/c1-3-5-6-7-8-9-10-11-12-13-14-15-16-17-18-19-20-21-22-23-25-26-24-4-2/h4,11-12,26H,2-3,5-10,13-25H2,1H3/b12-11-. The summed E-state index contributed by atoms with van der Waals surface area (Å²) in [6.07, 6.45) is 32.0. The van der Waals surface area contributed by atoms with Gasteiger partial charge in [0.2, 0.25) is 0 Å². The lowest BCUT2D eigenvalue weighted by Crippen LogP contribution is -2.14. The summed E-state index contributed by atoms with van der Waals surface area (Å²) in [7, 11) is 0.